The monoisotopic (exact) mass is 268 g/mol. The first kappa shape index (κ1) is 13.1. The summed E-state index contributed by atoms with van der Waals surface area (Å²) in [6.07, 6.45) is 4.55. The average Bonchev–Trinajstić information content (AvgIpc) is 3.33. The summed E-state index contributed by atoms with van der Waals surface area (Å²) in [5.41, 5.74) is 4.12. The minimum Gasteiger partial charge on any atom is -0.481 e. The lowest BCUT2D eigenvalue weighted by Crippen LogP contribution is -2.14. The number of pyridine rings is 1. The van der Waals surface area contributed by atoms with Gasteiger partial charge in [0, 0.05) is 25.4 Å². The van der Waals surface area contributed by atoms with Crippen molar-refractivity contribution in [2.24, 2.45) is 0 Å². The number of hydrogen-bond acceptors (Lipinski definition) is 3. The van der Waals surface area contributed by atoms with Crippen LogP contribution in [0.25, 0.3) is 0 Å². The van der Waals surface area contributed by atoms with Gasteiger partial charge in [0.1, 0.15) is 0 Å². The third-order valence-electron chi connectivity index (χ3n) is 3.72. The molecule has 1 N–H and O–H groups in total. The Kier molecular flexibility index (Phi) is 3.97. The molecule has 0 unspecified atom stereocenters. The molecule has 0 aliphatic heterocycles. The van der Waals surface area contributed by atoms with E-state index in [1.54, 1.807) is 7.11 Å². The van der Waals surface area contributed by atoms with Gasteiger partial charge in [-0.25, -0.2) is 4.98 Å². The van der Waals surface area contributed by atoms with Gasteiger partial charge in [-0.1, -0.05) is 30.3 Å². The Hall–Kier alpha value is -1.87. The van der Waals surface area contributed by atoms with Crippen molar-refractivity contribution in [2.75, 3.05) is 7.11 Å². The quantitative estimate of drug-likeness (QED) is 0.873. The van der Waals surface area contributed by atoms with E-state index in [2.05, 4.69) is 34.6 Å². The van der Waals surface area contributed by atoms with Gasteiger partial charge in [0.25, 0.3) is 0 Å². The van der Waals surface area contributed by atoms with Crippen LogP contribution in [0, 0.1) is 0 Å². The third-order valence-corrected chi connectivity index (χ3v) is 3.72. The largest absolute Gasteiger partial charge is 0.481 e. The topological polar surface area (TPSA) is 34.1 Å². The van der Waals surface area contributed by atoms with E-state index in [0.717, 1.165) is 19.0 Å². The van der Waals surface area contributed by atoms with E-state index >= 15 is 0 Å². The molecule has 0 saturated heterocycles. The van der Waals surface area contributed by atoms with E-state index in [9.17, 15) is 0 Å². The zero-order valence-electron chi connectivity index (χ0n) is 11.8. The summed E-state index contributed by atoms with van der Waals surface area (Å²) in [4.78, 5) is 4.22. The normalized spacial score (nSPS) is 14.2. The van der Waals surface area contributed by atoms with Crippen LogP contribution in [0.1, 0.15) is 35.4 Å². The van der Waals surface area contributed by atoms with E-state index in [-0.39, 0.29) is 0 Å². The molecule has 1 aliphatic rings. The zero-order valence-corrected chi connectivity index (χ0v) is 11.8. The minimum absolute atomic E-state index is 0.660. The highest BCUT2D eigenvalue weighted by molar-refractivity contribution is 5.33. The molecule has 3 rings (SSSR count). The first-order chi connectivity index (χ1) is 9.86. The molecule has 0 amide bonds. The summed E-state index contributed by atoms with van der Waals surface area (Å²) in [5, 5.41) is 3.50. The van der Waals surface area contributed by atoms with Crippen molar-refractivity contribution in [1.29, 1.82) is 0 Å². The second-order valence-corrected chi connectivity index (χ2v) is 5.29. The maximum atomic E-state index is 5.06. The molecule has 1 aromatic carbocycles. The van der Waals surface area contributed by atoms with Crippen LogP contribution in [0.15, 0.2) is 42.6 Å². The van der Waals surface area contributed by atoms with Crippen LogP contribution in [0.4, 0.5) is 0 Å². The number of aromatic nitrogens is 1. The Bertz CT molecular complexity index is 561. The number of rotatable bonds is 6. The molecular weight excluding hydrogens is 248 g/mol. The van der Waals surface area contributed by atoms with Crippen molar-refractivity contribution in [2.45, 2.75) is 31.8 Å². The third kappa shape index (κ3) is 3.17. The van der Waals surface area contributed by atoms with Crippen LogP contribution < -0.4 is 10.1 Å². The van der Waals surface area contributed by atoms with E-state index in [1.165, 1.54) is 29.5 Å². The van der Waals surface area contributed by atoms with E-state index in [4.69, 9.17) is 4.74 Å². The van der Waals surface area contributed by atoms with Crippen molar-refractivity contribution in [3.05, 3.63) is 59.3 Å². The number of nitrogens with zero attached hydrogens (tertiary/aromatic N) is 1. The lowest BCUT2D eigenvalue weighted by Gasteiger charge is -2.10. The van der Waals surface area contributed by atoms with Crippen molar-refractivity contribution in [1.82, 2.24) is 10.3 Å². The van der Waals surface area contributed by atoms with Crippen LogP contribution in [0.3, 0.4) is 0 Å². The fraction of sp³-hybridized carbons (Fsp3) is 0.353. The molecule has 1 heterocycles. The molecule has 0 atom stereocenters. The van der Waals surface area contributed by atoms with Gasteiger partial charge in [0.2, 0.25) is 5.88 Å². The zero-order chi connectivity index (χ0) is 13.8. The van der Waals surface area contributed by atoms with Gasteiger partial charge in [0.15, 0.2) is 0 Å². The first-order valence-corrected chi connectivity index (χ1v) is 7.14. The maximum Gasteiger partial charge on any atom is 0.212 e. The fourth-order valence-electron chi connectivity index (χ4n) is 2.47. The summed E-state index contributed by atoms with van der Waals surface area (Å²) in [6.45, 7) is 1.74. The summed E-state index contributed by atoms with van der Waals surface area (Å²) < 4.78 is 5.06. The Balaban J connectivity index is 1.56. The van der Waals surface area contributed by atoms with Gasteiger partial charge < -0.3 is 10.1 Å². The smallest absolute Gasteiger partial charge is 0.212 e. The average molecular weight is 268 g/mol. The minimum atomic E-state index is 0.660. The van der Waals surface area contributed by atoms with E-state index in [1.807, 2.05) is 18.3 Å². The highest BCUT2D eigenvalue weighted by Crippen LogP contribution is 2.41. The number of nitrogens with one attached hydrogen (secondary N) is 1. The van der Waals surface area contributed by atoms with Crippen LogP contribution in [-0.4, -0.2) is 12.1 Å². The summed E-state index contributed by atoms with van der Waals surface area (Å²) >= 11 is 0. The van der Waals surface area contributed by atoms with Gasteiger partial charge >= 0.3 is 0 Å². The lowest BCUT2D eigenvalue weighted by atomic mass is 10.0. The Morgan fingerprint density at radius 3 is 2.70 bits per heavy atom. The van der Waals surface area contributed by atoms with Gasteiger partial charge in [0.05, 0.1) is 7.11 Å². The molecule has 1 aromatic heterocycles. The molecule has 0 spiro atoms. The molecule has 3 heteroatoms. The molecule has 20 heavy (non-hydrogen) atoms. The van der Waals surface area contributed by atoms with Crippen LogP contribution >= 0.6 is 0 Å². The summed E-state index contributed by atoms with van der Waals surface area (Å²) in [7, 11) is 1.63. The van der Waals surface area contributed by atoms with Crippen LogP contribution in [0.2, 0.25) is 0 Å². The number of benzene rings is 1. The molecule has 0 bridgehead atoms. The molecule has 1 aliphatic carbocycles. The van der Waals surface area contributed by atoms with Crippen molar-refractivity contribution in [3.8, 4) is 5.88 Å². The van der Waals surface area contributed by atoms with E-state index < -0.39 is 0 Å². The van der Waals surface area contributed by atoms with Crippen molar-refractivity contribution < 1.29 is 4.74 Å². The highest BCUT2D eigenvalue weighted by atomic mass is 16.5. The lowest BCUT2D eigenvalue weighted by molar-refractivity contribution is 0.397. The maximum absolute atomic E-state index is 5.06. The SMILES string of the molecule is COc1ccc(CNCc2ccccc2C2CC2)cn1. The summed E-state index contributed by atoms with van der Waals surface area (Å²) in [6, 6.07) is 12.7. The summed E-state index contributed by atoms with van der Waals surface area (Å²) in [5.74, 6) is 1.46. The Labute approximate surface area is 120 Å². The molecule has 1 saturated carbocycles. The van der Waals surface area contributed by atoms with E-state index in [0.29, 0.717) is 5.88 Å². The van der Waals surface area contributed by atoms with Crippen LogP contribution in [-0.2, 0) is 13.1 Å². The predicted molar refractivity (Wildman–Crippen MR) is 79.7 cm³/mol. The first-order valence-electron chi connectivity index (χ1n) is 7.14. The highest BCUT2D eigenvalue weighted by Gasteiger charge is 2.25. The van der Waals surface area contributed by atoms with Crippen molar-refractivity contribution in [3.63, 3.8) is 0 Å². The Morgan fingerprint density at radius 2 is 2.00 bits per heavy atom. The molecular formula is C17H20N2O. The number of hydrogen-bond donors (Lipinski definition) is 1. The number of ether oxygens (including phenoxy) is 1. The van der Waals surface area contributed by atoms with Gasteiger partial charge in [-0.2, -0.15) is 0 Å². The molecule has 3 nitrogen and oxygen atoms in total. The fourth-order valence-corrected chi connectivity index (χ4v) is 2.47. The molecule has 104 valence electrons. The second kappa shape index (κ2) is 6.06. The van der Waals surface area contributed by atoms with Gasteiger partial charge in [-0.15, -0.1) is 0 Å². The molecule has 1 fully saturated rings. The molecule has 2 aromatic rings. The predicted octanol–water partition coefficient (Wildman–Crippen LogP) is 3.26. The second-order valence-electron chi connectivity index (χ2n) is 5.29. The Morgan fingerprint density at radius 1 is 1.15 bits per heavy atom. The molecule has 0 radical (unpaired) electrons. The van der Waals surface area contributed by atoms with Gasteiger partial charge in [-0.05, 0) is 35.4 Å². The van der Waals surface area contributed by atoms with Gasteiger partial charge in [-0.3, -0.25) is 0 Å². The number of methoxy groups -OCH3 is 1. The van der Waals surface area contributed by atoms with Crippen molar-refractivity contribution >= 4 is 0 Å². The standard InChI is InChI=1S/C17H20N2O/c1-20-17-9-6-13(11-19-17)10-18-12-15-4-2-3-5-16(15)14-7-8-14/h2-6,9,11,14,18H,7-8,10,12H2,1H3. The van der Waals surface area contributed by atoms with Crippen LogP contribution in [0.5, 0.6) is 5.88 Å².